The number of carbonyl (C=O) groups is 2. The summed E-state index contributed by atoms with van der Waals surface area (Å²) in [6.45, 7) is 2.53. The van der Waals surface area contributed by atoms with Crippen LogP contribution in [0, 0.1) is 20.2 Å². The van der Waals surface area contributed by atoms with Crippen molar-refractivity contribution in [2.45, 2.75) is 25.9 Å². The van der Waals surface area contributed by atoms with Crippen molar-refractivity contribution in [2.24, 2.45) is 0 Å². The van der Waals surface area contributed by atoms with Crippen LogP contribution in [0.15, 0.2) is 66.7 Å². The van der Waals surface area contributed by atoms with E-state index in [2.05, 4.69) is 10.6 Å². The quantitative estimate of drug-likeness (QED) is 0.151. The second-order valence-electron chi connectivity index (χ2n) is 8.10. The first-order valence-electron chi connectivity index (χ1n) is 11.6. The van der Waals surface area contributed by atoms with Crippen LogP contribution < -0.4 is 20.1 Å². The molecule has 3 aromatic carbocycles. The molecule has 0 bridgehead atoms. The van der Waals surface area contributed by atoms with Gasteiger partial charge in [0.2, 0.25) is 0 Å². The number of ether oxygens (including phenoxy) is 2. The number of hydrogen-bond acceptors (Lipinski definition) is 8. The van der Waals surface area contributed by atoms with E-state index in [0.717, 1.165) is 12.8 Å². The van der Waals surface area contributed by atoms with Gasteiger partial charge in [0.15, 0.2) is 11.5 Å². The summed E-state index contributed by atoms with van der Waals surface area (Å²) in [5, 5.41) is 27.3. The second-order valence-corrected chi connectivity index (χ2v) is 8.10. The summed E-state index contributed by atoms with van der Waals surface area (Å²) in [4.78, 5) is 46.7. The normalized spacial score (nSPS) is 10.5. The smallest absolute Gasteiger partial charge is 0.269 e. The van der Waals surface area contributed by atoms with Gasteiger partial charge in [-0.15, -0.1) is 0 Å². The fourth-order valence-corrected chi connectivity index (χ4v) is 3.41. The average molecular weight is 523 g/mol. The Morgan fingerprint density at radius 1 is 0.816 bits per heavy atom. The lowest BCUT2D eigenvalue weighted by atomic mass is 10.1. The Labute approximate surface area is 217 Å². The Morgan fingerprint density at radius 3 is 1.74 bits per heavy atom. The maximum atomic E-state index is 13.0. The van der Waals surface area contributed by atoms with Crippen molar-refractivity contribution in [3.63, 3.8) is 0 Å². The van der Waals surface area contributed by atoms with Crippen LogP contribution in [0.4, 0.5) is 11.4 Å². The van der Waals surface area contributed by atoms with Crippen LogP contribution >= 0.6 is 0 Å². The van der Waals surface area contributed by atoms with Gasteiger partial charge in [-0.05, 0) is 48.4 Å². The van der Waals surface area contributed by atoms with Crippen molar-refractivity contribution in [3.8, 4) is 11.5 Å². The summed E-state index contributed by atoms with van der Waals surface area (Å²) in [6, 6.07) is 14.9. The number of rotatable bonds is 12. The van der Waals surface area contributed by atoms with Gasteiger partial charge in [0, 0.05) is 35.4 Å². The maximum Gasteiger partial charge on any atom is 0.269 e. The Morgan fingerprint density at radius 2 is 1.32 bits per heavy atom. The van der Waals surface area contributed by atoms with E-state index >= 15 is 0 Å². The predicted octanol–water partition coefficient (Wildman–Crippen LogP) is 4.55. The van der Waals surface area contributed by atoms with Crippen LogP contribution in [-0.2, 0) is 0 Å². The standard InChI is InChI=1S/C26H26N4O8/c1-3-4-15-38-22-14-9-19(16-23(22)37-2)24(27-25(31)17-5-10-20(11-6-17)29(33)34)28-26(32)18-7-12-21(13-8-18)30(35)36/h5-14,16,24H,3-4,15H2,1-2H3,(H,27,31)(H,28,32). The number of hydrogen-bond donors (Lipinski definition) is 2. The van der Waals surface area contributed by atoms with Crippen molar-refractivity contribution >= 4 is 23.2 Å². The summed E-state index contributed by atoms with van der Waals surface area (Å²) in [5.41, 5.74) is 0.379. The first-order valence-corrected chi connectivity index (χ1v) is 11.6. The third kappa shape index (κ3) is 7.03. The molecule has 0 spiro atoms. The molecule has 3 rings (SSSR count). The van der Waals surface area contributed by atoms with E-state index in [9.17, 15) is 29.8 Å². The third-order valence-corrected chi connectivity index (χ3v) is 5.51. The monoisotopic (exact) mass is 522 g/mol. The third-order valence-electron chi connectivity index (χ3n) is 5.51. The summed E-state index contributed by atoms with van der Waals surface area (Å²) >= 11 is 0. The number of nitro benzene ring substituents is 2. The second kappa shape index (κ2) is 12.8. The highest BCUT2D eigenvalue weighted by atomic mass is 16.6. The molecule has 0 saturated carbocycles. The Balaban J connectivity index is 1.89. The molecule has 0 aliphatic carbocycles. The highest BCUT2D eigenvalue weighted by Gasteiger charge is 2.22. The van der Waals surface area contributed by atoms with Gasteiger partial charge in [0.25, 0.3) is 23.2 Å². The fraction of sp³-hybridized carbons (Fsp3) is 0.231. The van der Waals surface area contributed by atoms with Crippen molar-refractivity contribution in [1.82, 2.24) is 10.6 Å². The summed E-state index contributed by atoms with van der Waals surface area (Å²) < 4.78 is 11.2. The van der Waals surface area contributed by atoms with Crippen LogP contribution in [-0.4, -0.2) is 35.4 Å². The van der Waals surface area contributed by atoms with Gasteiger partial charge < -0.3 is 20.1 Å². The minimum Gasteiger partial charge on any atom is -0.493 e. The van der Waals surface area contributed by atoms with Crippen LogP contribution in [0.25, 0.3) is 0 Å². The molecule has 3 aromatic rings. The molecule has 0 radical (unpaired) electrons. The maximum absolute atomic E-state index is 13.0. The molecule has 0 aromatic heterocycles. The van der Waals surface area contributed by atoms with E-state index in [1.165, 1.54) is 55.6 Å². The number of nitrogens with zero attached hydrogens (tertiary/aromatic N) is 2. The van der Waals surface area contributed by atoms with Crippen LogP contribution in [0.1, 0.15) is 52.2 Å². The number of methoxy groups -OCH3 is 1. The van der Waals surface area contributed by atoms with Crippen molar-refractivity contribution < 1.29 is 28.9 Å². The predicted molar refractivity (Wildman–Crippen MR) is 137 cm³/mol. The molecule has 12 nitrogen and oxygen atoms in total. The van der Waals surface area contributed by atoms with E-state index in [4.69, 9.17) is 9.47 Å². The first kappa shape index (κ1) is 27.6. The number of nitro groups is 2. The van der Waals surface area contributed by atoms with E-state index in [1.807, 2.05) is 6.92 Å². The topological polar surface area (TPSA) is 163 Å². The van der Waals surface area contributed by atoms with Crippen molar-refractivity contribution in [3.05, 3.63) is 104 Å². The Bertz CT molecular complexity index is 1240. The van der Waals surface area contributed by atoms with Gasteiger partial charge in [-0.25, -0.2) is 0 Å². The number of carbonyl (C=O) groups excluding carboxylic acids is 2. The first-order chi connectivity index (χ1) is 18.2. The van der Waals surface area contributed by atoms with Crippen molar-refractivity contribution in [1.29, 1.82) is 0 Å². The van der Waals surface area contributed by atoms with Gasteiger partial charge in [-0.2, -0.15) is 0 Å². The summed E-state index contributed by atoms with van der Waals surface area (Å²) in [6.07, 6.45) is 0.745. The molecule has 0 heterocycles. The molecular weight excluding hydrogens is 496 g/mol. The highest BCUT2D eigenvalue weighted by molar-refractivity contribution is 5.97. The Kier molecular flexibility index (Phi) is 9.30. The highest BCUT2D eigenvalue weighted by Crippen LogP contribution is 2.30. The number of non-ortho nitro benzene ring substituents is 2. The zero-order valence-electron chi connectivity index (χ0n) is 20.7. The van der Waals surface area contributed by atoms with E-state index in [-0.39, 0.29) is 22.5 Å². The minimum absolute atomic E-state index is 0.136. The number of unbranched alkanes of at least 4 members (excludes halogenated alkanes) is 1. The molecule has 2 amide bonds. The van der Waals surface area contributed by atoms with Crippen molar-refractivity contribution in [2.75, 3.05) is 13.7 Å². The molecule has 2 N–H and O–H groups in total. The van der Waals surface area contributed by atoms with Gasteiger partial charge in [-0.3, -0.25) is 29.8 Å². The fourth-order valence-electron chi connectivity index (χ4n) is 3.41. The molecule has 0 fully saturated rings. The number of nitrogens with one attached hydrogen (secondary N) is 2. The molecular formula is C26H26N4O8. The summed E-state index contributed by atoms with van der Waals surface area (Å²) in [7, 11) is 1.46. The molecule has 0 atom stereocenters. The largest absolute Gasteiger partial charge is 0.493 e. The zero-order chi connectivity index (χ0) is 27.7. The van der Waals surface area contributed by atoms with Crippen LogP contribution in [0.5, 0.6) is 11.5 Å². The molecule has 38 heavy (non-hydrogen) atoms. The molecule has 0 saturated heterocycles. The van der Waals surface area contributed by atoms with Gasteiger partial charge >= 0.3 is 0 Å². The van der Waals surface area contributed by atoms with Gasteiger partial charge in [0.1, 0.15) is 6.17 Å². The molecule has 12 heteroatoms. The lowest BCUT2D eigenvalue weighted by Gasteiger charge is -2.22. The molecule has 0 unspecified atom stereocenters. The average Bonchev–Trinajstić information content (AvgIpc) is 2.92. The van der Waals surface area contributed by atoms with E-state index in [1.54, 1.807) is 18.2 Å². The minimum atomic E-state index is -1.06. The molecule has 198 valence electrons. The van der Waals surface area contributed by atoms with Crippen LogP contribution in [0.3, 0.4) is 0 Å². The van der Waals surface area contributed by atoms with E-state index in [0.29, 0.717) is 23.7 Å². The molecule has 0 aliphatic rings. The molecule has 0 aliphatic heterocycles. The zero-order valence-corrected chi connectivity index (χ0v) is 20.7. The summed E-state index contributed by atoms with van der Waals surface area (Å²) in [5.74, 6) is -0.322. The van der Waals surface area contributed by atoms with Gasteiger partial charge in [0.05, 0.1) is 23.6 Å². The van der Waals surface area contributed by atoms with Crippen LogP contribution in [0.2, 0.25) is 0 Å². The lowest BCUT2D eigenvalue weighted by Crippen LogP contribution is -2.41. The lowest BCUT2D eigenvalue weighted by molar-refractivity contribution is -0.385. The number of benzene rings is 3. The van der Waals surface area contributed by atoms with E-state index < -0.39 is 27.8 Å². The SMILES string of the molecule is CCCCOc1ccc(C(NC(=O)c2ccc([N+](=O)[O-])cc2)NC(=O)c2ccc([N+](=O)[O-])cc2)cc1OC. The Hall–Kier alpha value is -5.00. The van der Waals surface area contributed by atoms with Gasteiger partial charge in [-0.1, -0.05) is 19.4 Å². The number of amides is 2.